The van der Waals surface area contributed by atoms with E-state index in [2.05, 4.69) is 5.18 Å². The lowest BCUT2D eigenvalue weighted by Gasteiger charge is -2.32. The first-order valence-electron chi connectivity index (χ1n) is 9.28. The highest BCUT2D eigenvalue weighted by Gasteiger charge is 2.52. The maximum atomic E-state index is 11.0. The number of carbonyl (C=O) groups is 1. The van der Waals surface area contributed by atoms with E-state index >= 15 is 0 Å². The number of nitrogens with zero attached hydrogens (tertiary/aromatic N) is 1. The maximum Gasteiger partial charge on any atom is 0.495 e. The Morgan fingerprint density at radius 3 is 2.41 bits per heavy atom. The molecule has 1 heterocycles. The molecule has 0 unspecified atom stereocenters. The van der Waals surface area contributed by atoms with Crippen LogP contribution in [-0.2, 0) is 15.9 Å². The Balaban J connectivity index is 1.83. The van der Waals surface area contributed by atoms with E-state index in [1.54, 1.807) is 0 Å². The van der Waals surface area contributed by atoms with E-state index in [9.17, 15) is 9.70 Å². The van der Waals surface area contributed by atoms with Crippen LogP contribution in [0.4, 0.5) is 5.69 Å². The molecule has 2 aromatic rings. The normalized spacial score (nSPS) is 17.2. The Bertz CT molecular complexity index is 944. The zero-order chi connectivity index (χ0) is 21.4. The summed E-state index contributed by atoms with van der Waals surface area (Å²) in [4.78, 5) is 21.9. The average Bonchev–Trinajstić information content (AvgIpc) is 2.88. The first-order chi connectivity index (χ1) is 13.6. The molecule has 0 N–H and O–H groups in total. The number of aldehydes is 1. The van der Waals surface area contributed by atoms with Crippen LogP contribution < -0.4 is 10.2 Å². The van der Waals surface area contributed by atoms with Crippen molar-refractivity contribution < 1.29 is 18.8 Å². The van der Waals surface area contributed by atoms with Crippen LogP contribution in [0, 0.1) is 11.8 Å². The molecule has 152 valence electrons. The third kappa shape index (κ3) is 4.08. The summed E-state index contributed by atoms with van der Waals surface area (Å²) in [7, 11) is -0.471. The molecule has 1 aliphatic heterocycles. The van der Waals surface area contributed by atoms with Crippen LogP contribution in [-0.4, -0.2) is 24.6 Å². The molecule has 1 aliphatic rings. The van der Waals surface area contributed by atoms with Crippen molar-refractivity contribution >= 4 is 36.2 Å². The van der Waals surface area contributed by atoms with Crippen LogP contribution in [0.2, 0.25) is 5.02 Å². The lowest BCUT2D eigenvalue weighted by atomic mass is 9.75. The highest BCUT2D eigenvalue weighted by molar-refractivity contribution is 6.62. The molecule has 2 aromatic carbocycles. The molecule has 0 radical (unpaired) electrons. The van der Waals surface area contributed by atoms with Crippen molar-refractivity contribution in [3.05, 3.63) is 57.0 Å². The van der Waals surface area contributed by atoms with Gasteiger partial charge < -0.3 is 14.0 Å². The molecular weight excluding hydrogens is 392 g/mol. The lowest BCUT2D eigenvalue weighted by Crippen LogP contribution is -2.41. The van der Waals surface area contributed by atoms with Gasteiger partial charge in [0.2, 0.25) is 0 Å². The first kappa shape index (κ1) is 21.5. The standard InChI is InChI=1S/C21H23BClNO5/c1-13-14(12-27-19-10-18(24-26)15(11-25)9-17(19)23)7-6-8-16(13)22-28-20(2,3)21(4,5)29-22/h6-11H,12H2,1-5H3. The van der Waals surface area contributed by atoms with Gasteiger partial charge in [0.1, 0.15) is 18.0 Å². The minimum atomic E-state index is -0.471. The van der Waals surface area contributed by atoms with Crippen LogP contribution in [0.15, 0.2) is 35.5 Å². The molecule has 0 spiro atoms. The zero-order valence-corrected chi connectivity index (χ0v) is 17.9. The summed E-state index contributed by atoms with van der Waals surface area (Å²) in [6.45, 7) is 10.3. The molecule has 1 saturated heterocycles. The van der Waals surface area contributed by atoms with E-state index in [0.717, 1.165) is 16.6 Å². The van der Waals surface area contributed by atoms with Gasteiger partial charge in [0.15, 0.2) is 6.29 Å². The van der Waals surface area contributed by atoms with Gasteiger partial charge in [-0.3, -0.25) is 4.79 Å². The van der Waals surface area contributed by atoms with Crippen LogP contribution in [0.25, 0.3) is 0 Å². The topological polar surface area (TPSA) is 74.2 Å². The molecule has 1 fully saturated rings. The summed E-state index contributed by atoms with van der Waals surface area (Å²) in [5.41, 5.74) is 2.10. The van der Waals surface area contributed by atoms with Crippen LogP contribution >= 0.6 is 11.6 Å². The SMILES string of the molecule is Cc1c(COc2cc(N=O)c(C=O)cc2Cl)cccc1B1OC(C)(C)C(C)(C)O1. The highest BCUT2D eigenvalue weighted by atomic mass is 35.5. The van der Waals surface area contributed by atoms with Gasteiger partial charge in [-0.2, -0.15) is 0 Å². The zero-order valence-electron chi connectivity index (χ0n) is 17.1. The minimum absolute atomic E-state index is 0.0120. The van der Waals surface area contributed by atoms with Gasteiger partial charge in [0.25, 0.3) is 0 Å². The molecule has 29 heavy (non-hydrogen) atoms. The van der Waals surface area contributed by atoms with E-state index in [-0.39, 0.29) is 28.6 Å². The van der Waals surface area contributed by atoms with E-state index in [1.807, 2.05) is 52.8 Å². The van der Waals surface area contributed by atoms with E-state index in [0.29, 0.717) is 6.29 Å². The third-order valence-corrected chi connectivity index (χ3v) is 5.98. The molecule has 0 amide bonds. The number of hydrogen-bond acceptors (Lipinski definition) is 6. The van der Waals surface area contributed by atoms with Crippen molar-refractivity contribution in [2.24, 2.45) is 5.18 Å². The molecular formula is C21H23BClNO5. The van der Waals surface area contributed by atoms with Gasteiger partial charge in [-0.15, -0.1) is 4.91 Å². The second-order valence-electron chi connectivity index (χ2n) is 8.06. The number of ether oxygens (including phenoxy) is 1. The van der Waals surface area contributed by atoms with Crippen molar-refractivity contribution in [1.82, 2.24) is 0 Å². The van der Waals surface area contributed by atoms with Crippen molar-refractivity contribution in [2.75, 3.05) is 0 Å². The van der Waals surface area contributed by atoms with Crippen LogP contribution in [0.3, 0.4) is 0 Å². The van der Waals surface area contributed by atoms with Gasteiger partial charge >= 0.3 is 7.12 Å². The minimum Gasteiger partial charge on any atom is -0.487 e. The predicted octanol–water partition coefficient (Wildman–Crippen LogP) is 4.74. The van der Waals surface area contributed by atoms with Crippen molar-refractivity contribution in [1.29, 1.82) is 0 Å². The largest absolute Gasteiger partial charge is 0.495 e. The molecule has 0 atom stereocenters. The highest BCUT2D eigenvalue weighted by Crippen LogP contribution is 2.37. The van der Waals surface area contributed by atoms with Crippen molar-refractivity contribution in [3.8, 4) is 5.75 Å². The van der Waals surface area contributed by atoms with Gasteiger partial charge in [-0.05, 0) is 62.5 Å². The van der Waals surface area contributed by atoms with E-state index in [1.165, 1.54) is 12.1 Å². The second-order valence-corrected chi connectivity index (χ2v) is 8.47. The summed E-state index contributed by atoms with van der Waals surface area (Å²) >= 11 is 6.17. The van der Waals surface area contributed by atoms with Crippen molar-refractivity contribution in [2.45, 2.75) is 52.4 Å². The molecule has 0 bridgehead atoms. The number of carbonyl (C=O) groups excluding carboxylic acids is 1. The summed E-state index contributed by atoms with van der Waals surface area (Å²) in [6, 6.07) is 8.57. The Morgan fingerprint density at radius 1 is 1.17 bits per heavy atom. The first-order valence-corrected chi connectivity index (χ1v) is 9.66. The van der Waals surface area contributed by atoms with Crippen molar-refractivity contribution in [3.63, 3.8) is 0 Å². The summed E-state index contributed by atoms with van der Waals surface area (Å²) in [5.74, 6) is 0.285. The number of benzene rings is 2. The summed E-state index contributed by atoms with van der Waals surface area (Å²) in [5, 5.41) is 3.09. The van der Waals surface area contributed by atoms with Gasteiger partial charge in [-0.1, -0.05) is 29.8 Å². The Morgan fingerprint density at radius 2 is 1.83 bits per heavy atom. The average molecular weight is 416 g/mol. The molecule has 3 rings (SSSR count). The number of halogens is 1. The second kappa shape index (κ2) is 7.90. The third-order valence-electron chi connectivity index (χ3n) is 5.68. The van der Waals surface area contributed by atoms with Crippen LogP contribution in [0.1, 0.15) is 49.2 Å². The fraction of sp³-hybridized carbons (Fsp3) is 0.381. The molecule has 8 heteroatoms. The van der Waals surface area contributed by atoms with Crippen LogP contribution in [0.5, 0.6) is 5.75 Å². The monoisotopic (exact) mass is 415 g/mol. The fourth-order valence-corrected chi connectivity index (χ4v) is 3.31. The van der Waals surface area contributed by atoms with E-state index in [4.69, 9.17) is 25.6 Å². The summed E-state index contributed by atoms with van der Waals surface area (Å²) < 4.78 is 18.1. The quantitative estimate of drug-likeness (QED) is 0.387. The lowest BCUT2D eigenvalue weighted by molar-refractivity contribution is 0.00578. The molecule has 0 aliphatic carbocycles. The predicted molar refractivity (Wildman–Crippen MR) is 114 cm³/mol. The molecule has 6 nitrogen and oxygen atoms in total. The number of rotatable bonds is 6. The summed E-state index contributed by atoms with van der Waals surface area (Å²) in [6.07, 6.45) is 0.532. The maximum absolute atomic E-state index is 11.0. The Labute approximate surface area is 175 Å². The smallest absolute Gasteiger partial charge is 0.487 e. The fourth-order valence-electron chi connectivity index (χ4n) is 3.08. The number of nitroso groups, excluding NO2 is 1. The molecule has 0 saturated carbocycles. The van der Waals surface area contributed by atoms with Gasteiger partial charge in [0.05, 0.1) is 16.2 Å². The van der Waals surface area contributed by atoms with E-state index < -0.39 is 18.3 Å². The number of hydrogen-bond donors (Lipinski definition) is 0. The Kier molecular flexibility index (Phi) is 5.85. The molecule has 0 aromatic heterocycles. The van der Waals surface area contributed by atoms with Gasteiger partial charge in [-0.25, -0.2) is 0 Å². The Hall–Kier alpha value is -2.22. The van der Waals surface area contributed by atoms with Gasteiger partial charge in [0, 0.05) is 11.6 Å².